The normalized spacial score (nSPS) is 28.3. The lowest BCUT2D eigenvalue weighted by Gasteiger charge is -2.46. The van der Waals surface area contributed by atoms with Crippen LogP contribution in [0.5, 0.6) is 0 Å². The average molecular weight is 302 g/mol. The molecule has 0 aromatic heterocycles. The molecule has 0 unspecified atom stereocenters. The molecule has 5 nitrogen and oxygen atoms in total. The maximum absolute atomic E-state index is 12.1. The zero-order valence-electron chi connectivity index (χ0n) is 14.1. The lowest BCUT2D eigenvalue weighted by atomic mass is 9.79. The summed E-state index contributed by atoms with van der Waals surface area (Å²) in [6.45, 7) is 6.01. The van der Waals surface area contributed by atoms with Crippen LogP contribution in [0, 0.1) is 5.92 Å². The number of esters is 1. The third kappa shape index (κ3) is 4.41. The third-order valence-corrected chi connectivity index (χ3v) is 4.46. The monoisotopic (exact) mass is 302 g/mol. The number of hydrogen-bond acceptors (Lipinski definition) is 5. The highest BCUT2D eigenvalue weighted by Crippen LogP contribution is 2.44. The van der Waals surface area contributed by atoms with Gasteiger partial charge in [0.15, 0.2) is 0 Å². The summed E-state index contributed by atoms with van der Waals surface area (Å²) in [6, 6.07) is 0. The highest BCUT2D eigenvalue weighted by molar-refractivity contribution is 5.73. The zero-order valence-corrected chi connectivity index (χ0v) is 14.1. The summed E-state index contributed by atoms with van der Waals surface area (Å²) >= 11 is 0. The predicted octanol–water partition coefficient (Wildman–Crippen LogP) is 3.61. The van der Waals surface area contributed by atoms with E-state index in [-0.39, 0.29) is 5.97 Å². The van der Waals surface area contributed by atoms with Crippen molar-refractivity contribution in [1.82, 2.24) is 0 Å². The first-order valence-corrected chi connectivity index (χ1v) is 7.96. The summed E-state index contributed by atoms with van der Waals surface area (Å²) < 4.78 is 10.3. The molecule has 0 saturated carbocycles. The molecule has 1 heterocycles. The highest BCUT2D eigenvalue weighted by atomic mass is 17.2. The largest absolute Gasteiger partial charge is 0.469 e. The summed E-state index contributed by atoms with van der Waals surface area (Å²) in [5.74, 6) is -1.87. The molecule has 1 aliphatic rings. The van der Waals surface area contributed by atoms with Gasteiger partial charge in [0.05, 0.1) is 7.11 Å². The van der Waals surface area contributed by atoms with E-state index in [2.05, 4.69) is 13.8 Å². The van der Waals surface area contributed by atoms with Crippen LogP contribution in [0.2, 0.25) is 0 Å². The minimum Gasteiger partial charge on any atom is -0.469 e. The Labute approximate surface area is 128 Å². The Morgan fingerprint density at radius 3 is 2.14 bits per heavy atom. The molecule has 0 aromatic rings. The Kier molecular flexibility index (Phi) is 7.10. The van der Waals surface area contributed by atoms with Gasteiger partial charge in [0, 0.05) is 7.11 Å². The van der Waals surface area contributed by atoms with Crippen molar-refractivity contribution >= 4 is 5.97 Å². The second kappa shape index (κ2) is 8.11. The second-order valence-corrected chi connectivity index (χ2v) is 6.06. The molecule has 0 aromatic carbocycles. The molecular formula is C16H30O5. The van der Waals surface area contributed by atoms with Crippen molar-refractivity contribution in [2.24, 2.45) is 5.92 Å². The molecular weight excluding hydrogens is 272 g/mol. The van der Waals surface area contributed by atoms with Crippen LogP contribution in [0.4, 0.5) is 0 Å². The molecule has 0 radical (unpaired) electrons. The fourth-order valence-electron chi connectivity index (χ4n) is 2.85. The molecule has 1 saturated heterocycles. The Morgan fingerprint density at radius 1 is 1.14 bits per heavy atom. The number of hydrogen-bond donors (Lipinski definition) is 0. The predicted molar refractivity (Wildman–Crippen MR) is 79.5 cm³/mol. The van der Waals surface area contributed by atoms with Gasteiger partial charge in [-0.1, -0.05) is 39.5 Å². The quantitative estimate of drug-likeness (QED) is 0.506. The molecule has 0 bridgehead atoms. The van der Waals surface area contributed by atoms with E-state index in [0.29, 0.717) is 6.42 Å². The Bertz CT molecular complexity index is 323. The number of ether oxygens (including phenoxy) is 2. The molecule has 2 atom stereocenters. The topological polar surface area (TPSA) is 54.0 Å². The smallest absolute Gasteiger partial charge is 0.314 e. The van der Waals surface area contributed by atoms with Gasteiger partial charge in [-0.05, 0) is 26.2 Å². The van der Waals surface area contributed by atoms with Crippen molar-refractivity contribution in [1.29, 1.82) is 0 Å². The molecule has 0 spiro atoms. The Hall–Kier alpha value is -0.650. The van der Waals surface area contributed by atoms with Crippen molar-refractivity contribution < 1.29 is 24.0 Å². The SMILES string of the molecule is CCCCC1(CCCC)C[C@H](C(=O)OC)[C@@](C)(OC)OO1. The van der Waals surface area contributed by atoms with Crippen LogP contribution >= 0.6 is 0 Å². The molecule has 124 valence electrons. The fraction of sp³-hybridized carbons (Fsp3) is 0.938. The van der Waals surface area contributed by atoms with Crippen molar-refractivity contribution in [3.63, 3.8) is 0 Å². The van der Waals surface area contributed by atoms with Gasteiger partial charge in [0.25, 0.3) is 0 Å². The van der Waals surface area contributed by atoms with Crippen molar-refractivity contribution in [2.75, 3.05) is 14.2 Å². The van der Waals surface area contributed by atoms with Gasteiger partial charge in [-0.2, -0.15) is 4.89 Å². The number of unbranched alkanes of at least 4 members (excludes halogenated alkanes) is 2. The van der Waals surface area contributed by atoms with Crippen LogP contribution in [0.1, 0.15) is 65.7 Å². The number of carbonyl (C=O) groups excluding carboxylic acids is 1. The van der Waals surface area contributed by atoms with Gasteiger partial charge in [-0.3, -0.25) is 4.79 Å². The standard InChI is InChI=1S/C16H30O5/c1-6-8-10-16(11-9-7-2)12-13(14(17)18-4)15(3,19-5)20-21-16/h13H,6-12H2,1-5H3/t13-,15+/m1/s1. The lowest BCUT2D eigenvalue weighted by molar-refractivity contribution is -0.497. The Balaban J connectivity index is 2.93. The molecule has 0 N–H and O–H groups in total. The van der Waals surface area contributed by atoms with Crippen LogP contribution in [-0.4, -0.2) is 31.6 Å². The summed E-state index contributed by atoms with van der Waals surface area (Å²) in [5.41, 5.74) is -0.414. The van der Waals surface area contributed by atoms with E-state index in [4.69, 9.17) is 19.2 Å². The molecule has 5 heteroatoms. The van der Waals surface area contributed by atoms with Crippen molar-refractivity contribution in [2.45, 2.75) is 77.1 Å². The molecule has 0 aliphatic carbocycles. The van der Waals surface area contributed by atoms with Gasteiger partial charge in [-0.25, -0.2) is 4.89 Å². The van der Waals surface area contributed by atoms with Gasteiger partial charge < -0.3 is 9.47 Å². The molecule has 1 fully saturated rings. The van der Waals surface area contributed by atoms with Crippen molar-refractivity contribution in [3.05, 3.63) is 0 Å². The lowest BCUT2D eigenvalue weighted by Crippen LogP contribution is -2.55. The van der Waals surface area contributed by atoms with E-state index in [1.54, 1.807) is 6.92 Å². The van der Waals surface area contributed by atoms with Gasteiger partial charge in [-0.15, -0.1) is 0 Å². The van der Waals surface area contributed by atoms with E-state index < -0.39 is 17.3 Å². The average Bonchev–Trinajstić information content (AvgIpc) is 2.52. The summed E-state index contributed by atoms with van der Waals surface area (Å²) in [7, 11) is 2.91. The summed E-state index contributed by atoms with van der Waals surface area (Å²) in [5, 5.41) is 0. The number of carbonyl (C=O) groups is 1. The maximum atomic E-state index is 12.1. The first-order valence-electron chi connectivity index (χ1n) is 7.96. The first-order chi connectivity index (χ1) is 9.97. The van der Waals surface area contributed by atoms with Crippen molar-refractivity contribution in [3.8, 4) is 0 Å². The molecule has 1 aliphatic heterocycles. The van der Waals surface area contributed by atoms with E-state index in [1.165, 1.54) is 14.2 Å². The highest BCUT2D eigenvalue weighted by Gasteiger charge is 2.53. The van der Waals surface area contributed by atoms with Crippen LogP contribution in [-0.2, 0) is 24.0 Å². The minimum atomic E-state index is -1.09. The van der Waals surface area contributed by atoms with E-state index in [0.717, 1.165) is 38.5 Å². The van der Waals surface area contributed by atoms with E-state index >= 15 is 0 Å². The minimum absolute atomic E-state index is 0.306. The van der Waals surface area contributed by atoms with E-state index in [9.17, 15) is 4.79 Å². The number of methoxy groups -OCH3 is 2. The first kappa shape index (κ1) is 18.4. The third-order valence-electron chi connectivity index (χ3n) is 4.46. The Morgan fingerprint density at radius 2 is 1.71 bits per heavy atom. The molecule has 1 rings (SSSR count). The van der Waals surface area contributed by atoms with Crippen LogP contribution in [0.25, 0.3) is 0 Å². The van der Waals surface area contributed by atoms with Crippen LogP contribution < -0.4 is 0 Å². The van der Waals surface area contributed by atoms with Gasteiger partial charge in [0.2, 0.25) is 5.79 Å². The second-order valence-electron chi connectivity index (χ2n) is 6.06. The van der Waals surface area contributed by atoms with Crippen LogP contribution in [0.3, 0.4) is 0 Å². The van der Waals surface area contributed by atoms with Crippen LogP contribution in [0.15, 0.2) is 0 Å². The fourth-order valence-corrected chi connectivity index (χ4v) is 2.85. The van der Waals surface area contributed by atoms with Gasteiger partial charge >= 0.3 is 5.97 Å². The van der Waals surface area contributed by atoms with E-state index in [1.807, 2.05) is 0 Å². The molecule has 0 amide bonds. The summed E-state index contributed by atoms with van der Waals surface area (Å²) in [4.78, 5) is 23.4. The summed E-state index contributed by atoms with van der Waals surface area (Å²) in [6.07, 6.45) is 6.61. The number of rotatable bonds is 8. The molecule has 21 heavy (non-hydrogen) atoms. The van der Waals surface area contributed by atoms with Gasteiger partial charge in [0.1, 0.15) is 11.5 Å². The maximum Gasteiger partial charge on any atom is 0.314 e. The zero-order chi connectivity index (χ0) is 15.9.